The minimum atomic E-state index is 0.0916. The van der Waals surface area contributed by atoms with Crippen LogP contribution in [-0.2, 0) is 4.74 Å². The minimum Gasteiger partial charge on any atom is -0.379 e. The van der Waals surface area contributed by atoms with Crippen molar-refractivity contribution in [3.63, 3.8) is 0 Å². The van der Waals surface area contributed by atoms with E-state index in [1.54, 1.807) is 0 Å². The van der Waals surface area contributed by atoms with E-state index in [-0.39, 0.29) is 11.2 Å². The molecule has 0 bridgehead atoms. The van der Waals surface area contributed by atoms with Crippen LogP contribution in [0.15, 0.2) is 0 Å². The average molecular weight is 244 g/mol. The molecule has 1 saturated carbocycles. The van der Waals surface area contributed by atoms with Crippen LogP contribution in [0.2, 0.25) is 5.28 Å². The highest BCUT2D eigenvalue weighted by atomic mass is 35.5. The Morgan fingerprint density at radius 2 is 2.19 bits per heavy atom. The first-order valence-electron chi connectivity index (χ1n) is 5.22. The van der Waals surface area contributed by atoms with Crippen molar-refractivity contribution in [1.29, 1.82) is 0 Å². The lowest BCUT2D eigenvalue weighted by Gasteiger charge is -2.05. The molecular formula is C9H14ClN5O. The molecule has 1 aliphatic carbocycles. The monoisotopic (exact) mass is 243 g/mol. The predicted molar refractivity (Wildman–Crippen MR) is 61.3 cm³/mol. The van der Waals surface area contributed by atoms with Crippen molar-refractivity contribution in [2.75, 3.05) is 30.8 Å². The Balaban J connectivity index is 1.67. The molecule has 88 valence electrons. The maximum atomic E-state index is 5.63. The van der Waals surface area contributed by atoms with Gasteiger partial charge in [0.25, 0.3) is 0 Å². The molecule has 0 saturated heterocycles. The smallest absolute Gasteiger partial charge is 0.228 e. The van der Waals surface area contributed by atoms with Crippen LogP contribution < -0.4 is 11.1 Å². The molecule has 16 heavy (non-hydrogen) atoms. The van der Waals surface area contributed by atoms with E-state index in [0.29, 0.717) is 19.1 Å². The Labute approximate surface area is 98.6 Å². The molecule has 0 radical (unpaired) electrons. The molecule has 1 aromatic heterocycles. The number of nitrogens with zero attached hydrogens (tertiary/aromatic N) is 3. The highest BCUT2D eigenvalue weighted by Crippen LogP contribution is 2.28. The number of halogens is 1. The summed E-state index contributed by atoms with van der Waals surface area (Å²) < 4.78 is 5.44. The van der Waals surface area contributed by atoms with Crippen LogP contribution in [-0.4, -0.2) is 34.7 Å². The van der Waals surface area contributed by atoms with E-state index in [0.717, 1.165) is 12.5 Å². The van der Waals surface area contributed by atoms with Crippen LogP contribution in [0.25, 0.3) is 0 Å². The number of anilines is 2. The van der Waals surface area contributed by atoms with Gasteiger partial charge in [-0.05, 0) is 30.4 Å². The summed E-state index contributed by atoms with van der Waals surface area (Å²) in [4.78, 5) is 11.4. The Hall–Kier alpha value is -1.14. The molecule has 0 unspecified atom stereocenters. The van der Waals surface area contributed by atoms with Gasteiger partial charge < -0.3 is 15.8 Å². The molecule has 1 heterocycles. The zero-order valence-electron chi connectivity index (χ0n) is 8.82. The van der Waals surface area contributed by atoms with Gasteiger partial charge in [-0.25, -0.2) is 0 Å². The molecule has 1 fully saturated rings. The summed E-state index contributed by atoms with van der Waals surface area (Å²) in [5, 5.41) is 3.06. The van der Waals surface area contributed by atoms with Gasteiger partial charge in [0, 0.05) is 13.2 Å². The molecule has 2 rings (SSSR count). The van der Waals surface area contributed by atoms with Gasteiger partial charge in [-0.2, -0.15) is 15.0 Å². The molecule has 0 aromatic carbocycles. The van der Waals surface area contributed by atoms with Crippen molar-refractivity contribution in [3.8, 4) is 0 Å². The van der Waals surface area contributed by atoms with E-state index < -0.39 is 0 Å². The van der Waals surface area contributed by atoms with Gasteiger partial charge in [-0.15, -0.1) is 0 Å². The normalized spacial score (nSPS) is 15.1. The molecule has 1 aromatic rings. The summed E-state index contributed by atoms with van der Waals surface area (Å²) in [6, 6.07) is 0. The van der Waals surface area contributed by atoms with E-state index in [4.69, 9.17) is 22.1 Å². The highest BCUT2D eigenvalue weighted by molar-refractivity contribution is 6.28. The maximum absolute atomic E-state index is 5.63. The number of aromatic nitrogens is 3. The van der Waals surface area contributed by atoms with E-state index in [1.807, 2.05) is 0 Å². The van der Waals surface area contributed by atoms with Crippen molar-refractivity contribution in [2.24, 2.45) is 5.92 Å². The fourth-order valence-electron chi connectivity index (χ4n) is 1.21. The van der Waals surface area contributed by atoms with E-state index in [2.05, 4.69) is 20.3 Å². The summed E-state index contributed by atoms with van der Waals surface area (Å²) in [5.74, 6) is 1.27. The lowest BCUT2D eigenvalue weighted by Crippen LogP contribution is -2.13. The van der Waals surface area contributed by atoms with Gasteiger partial charge >= 0.3 is 0 Å². The van der Waals surface area contributed by atoms with Crippen molar-refractivity contribution in [3.05, 3.63) is 5.28 Å². The molecule has 6 nitrogen and oxygen atoms in total. The molecule has 0 atom stereocenters. The third-order valence-electron chi connectivity index (χ3n) is 2.21. The van der Waals surface area contributed by atoms with Gasteiger partial charge in [-0.1, -0.05) is 0 Å². The standard InChI is InChI=1S/C9H14ClN5O/c10-7-13-8(11)15-9(14-7)12-3-4-16-5-6-1-2-6/h6H,1-5H2,(H3,11,12,13,14,15). The second-order valence-electron chi connectivity index (χ2n) is 3.73. The highest BCUT2D eigenvalue weighted by Gasteiger charge is 2.20. The van der Waals surface area contributed by atoms with Gasteiger partial charge in [0.15, 0.2) is 0 Å². The molecular weight excluding hydrogens is 230 g/mol. The van der Waals surface area contributed by atoms with Gasteiger partial charge in [0.1, 0.15) is 0 Å². The largest absolute Gasteiger partial charge is 0.379 e. The van der Waals surface area contributed by atoms with Crippen LogP contribution in [0.3, 0.4) is 0 Å². The quantitative estimate of drug-likeness (QED) is 0.724. The SMILES string of the molecule is Nc1nc(Cl)nc(NCCOCC2CC2)n1. The number of nitrogens with two attached hydrogens (primary N) is 1. The van der Waals surface area contributed by atoms with Crippen molar-refractivity contribution in [1.82, 2.24) is 15.0 Å². The number of hydrogen-bond donors (Lipinski definition) is 2. The number of ether oxygens (including phenoxy) is 1. The summed E-state index contributed by atoms with van der Waals surface area (Å²) in [6.45, 7) is 2.11. The molecule has 0 spiro atoms. The van der Waals surface area contributed by atoms with E-state index >= 15 is 0 Å². The predicted octanol–water partition coefficient (Wildman–Crippen LogP) is 0.946. The lowest BCUT2D eigenvalue weighted by molar-refractivity contribution is 0.133. The first kappa shape index (κ1) is 11.3. The molecule has 3 N–H and O–H groups in total. The fourth-order valence-corrected chi connectivity index (χ4v) is 1.38. The molecule has 0 aliphatic heterocycles. The van der Waals surface area contributed by atoms with Gasteiger partial charge in [0.05, 0.1) is 6.61 Å². The number of hydrogen-bond acceptors (Lipinski definition) is 6. The van der Waals surface area contributed by atoms with E-state index in [9.17, 15) is 0 Å². The van der Waals surface area contributed by atoms with Crippen LogP contribution in [0.1, 0.15) is 12.8 Å². The average Bonchev–Trinajstić information content (AvgIpc) is 2.99. The zero-order chi connectivity index (χ0) is 11.4. The summed E-state index contributed by atoms with van der Waals surface area (Å²) in [7, 11) is 0. The van der Waals surface area contributed by atoms with Crippen LogP contribution in [0.5, 0.6) is 0 Å². The first-order chi connectivity index (χ1) is 7.74. The lowest BCUT2D eigenvalue weighted by atomic mass is 10.5. The Bertz CT molecular complexity index is 338. The second-order valence-corrected chi connectivity index (χ2v) is 4.07. The number of nitrogens with one attached hydrogen (secondary N) is 1. The Morgan fingerprint density at radius 1 is 1.38 bits per heavy atom. The summed E-state index contributed by atoms with van der Waals surface area (Å²) in [5.41, 5.74) is 5.42. The summed E-state index contributed by atoms with van der Waals surface area (Å²) >= 11 is 5.63. The van der Waals surface area contributed by atoms with Crippen LogP contribution >= 0.6 is 11.6 Å². The topological polar surface area (TPSA) is 86.0 Å². The minimum absolute atomic E-state index is 0.0916. The second kappa shape index (κ2) is 5.27. The molecule has 7 heteroatoms. The zero-order valence-corrected chi connectivity index (χ0v) is 9.57. The maximum Gasteiger partial charge on any atom is 0.228 e. The molecule has 1 aliphatic rings. The Morgan fingerprint density at radius 3 is 2.88 bits per heavy atom. The number of nitrogen functional groups attached to an aromatic ring is 1. The van der Waals surface area contributed by atoms with Crippen molar-refractivity contribution < 1.29 is 4.74 Å². The Kier molecular flexibility index (Phi) is 3.74. The first-order valence-corrected chi connectivity index (χ1v) is 5.60. The fraction of sp³-hybridized carbons (Fsp3) is 0.667. The van der Waals surface area contributed by atoms with E-state index in [1.165, 1.54) is 12.8 Å². The van der Waals surface area contributed by atoms with Gasteiger partial charge in [-0.3, -0.25) is 0 Å². The van der Waals surface area contributed by atoms with Crippen molar-refractivity contribution >= 4 is 23.5 Å². The third-order valence-corrected chi connectivity index (χ3v) is 2.37. The third kappa shape index (κ3) is 3.79. The van der Waals surface area contributed by atoms with Crippen LogP contribution in [0.4, 0.5) is 11.9 Å². The van der Waals surface area contributed by atoms with Crippen LogP contribution in [0, 0.1) is 5.92 Å². The van der Waals surface area contributed by atoms with Gasteiger partial charge in [0.2, 0.25) is 17.2 Å². The van der Waals surface area contributed by atoms with Crippen molar-refractivity contribution in [2.45, 2.75) is 12.8 Å². The summed E-state index contributed by atoms with van der Waals surface area (Å²) in [6.07, 6.45) is 2.60. The number of rotatable bonds is 6. The molecule has 0 amide bonds.